The Balaban J connectivity index is 2.31. The van der Waals surface area contributed by atoms with Gasteiger partial charge in [-0.05, 0) is 12.1 Å². The SMILES string of the molecule is N#Cc1cn2cncc(-c3cccnn3)c2n1. The average molecular weight is 222 g/mol. The van der Waals surface area contributed by atoms with Crippen LogP contribution in [0.15, 0.2) is 37.1 Å². The third-order valence-electron chi connectivity index (χ3n) is 2.33. The van der Waals surface area contributed by atoms with E-state index in [1.807, 2.05) is 12.1 Å². The predicted molar refractivity (Wildman–Crippen MR) is 58.7 cm³/mol. The summed E-state index contributed by atoms with van der Waals surface area (Å²) in [5, 5.41) is 16.6. The van der Waals surface area contributed by atoms with Crippen molar-refractivity contribution in [3.63, 3.8) is 0 Å². The molecule has 0 spiro atoms. The molecule has 3 aromatic rings. The summed E-state index contributed by atoms with van der Waals surface area (Å²) in [5.74, 6) is 0. The van der Waals surface area contributed by atoms with E-state index in [9.17, 15) is 0 Å². The second-order valence-corrected chi connectivity index (χ2v) is 3.39. The van der Waals surface area contributed by atoms with Crippen molar-refractivity contribution < 1.29 is 0 Å². The first-order chi connectivity index (χ1) is 8.38. The Bertz CT molecular complexity index is 710. The molecule has 0 bridgehead atoms. The normalized spacial score (nSPS) is 10.3. The molecule has 0 atom stereocenters. The van der Waals surface area contributed by atoms with Gasteiger partial charge in [-0.2, -0.15) is 15.5 Å². The maximum absolute atomic E-state index is 8.83. The summed E-state index contributed by atoms with van der Waals surface area (Å²) in [4.78, 5) is 8.28. The Morgan fingerprint density at radius 2 is 2.29 bits per heavy atom. The number of aromatic nitrogens is 5. The van der Waals surface area contributed by atoms with Crippen molar-refractivity contribution in [3.05, 3.63) is 42.7 Å². The number of nitrogens with zero attached hydrogens (tertiary/aromatic N) is 6. The summed E-state index contributed by atoms with van der Waals surface area (Å²) in [5.41, 5.74) is 2.43. The highest BCUT2D eigenvalue weighted by Gasteiger charge is 2.09. The second-order valence-electron chi connectivity index (χ2n) is 3.39. The molecule has 3 heterocycles. The van der Waals surface area contributed by atoms with Gasteiger partial charge in [-0.15, -0.1) is 0 Å². The van der Waals surface area contributed by atoms with E-state index in [4.69, 9.17) is 5.26 Å². The van der Waals surface area contributed by atoms with Crippen LogP contribution in [-0.2, 0) is 0 Å². The Morgan fingerprint density at radius 3 is 3.06 bits per heavy atom. The van der Waals surface area contributed by atoms with Crippen LogP contribution in [-0.4, -0.2) is 24.6 Å². The topological polar surface area (TPSA) is 79.8 Å². The first-order valence-electron chi connectivity index (χ1n) is 4.89. The Hall–Kier alpha value is -2.81. The summed E-state index contributed by atoms with van der Waals surface area (Å²) < 4.78 is 1.70. The molecule has 0 radical (unpaired) electrons. The number of fused-ring (bicyclic) bond motifs is 1. The van der Waals surface area contributed by atoms with E-state index in [1.165, 1.54) is 0 Å². The van der Waals surface area contributed by atoms with E-state index < -0.39 is 0 Å². The molecule has 3 rings (SSSR count). The minimum atomic E-state index is 0.350. The lowest BCUT2D eigenvalue weighted by Crippen LogP contribution is -1.92. The zero-order valence-corrected chi connectivity index (χ0v) is 8.65. The highest BCUT2D eigenvalue weighted by atomic mass is 15.1. The second kappa shape index (κ2) is 3.64. The maximum atomic E-state index is 8.83. The zero-order chi connectivity index (χ0) is 11.7. The van der Waals surface area contributed by atoms with Crippen LogP contribution in [0, 0.1) is 11.3 Å². The van der Waals surface area contributed by atoms with E-state index in [-0.39, 0.29) is 0 Å². The fourth-order valence-corrected chi connectivity index (χ4v) is 1.60. The molecule has 0 saturated carbocycles. The summed E-state index contributed by atoms with van der Waals surface area (Å²) in [6.07, 6.45) is 6.49. The molecule has 0 fully saturated rings. The quantitative estimate of drug-likeness (QED) is 0.615. The van der Waals surface area contributed by atoms with Gasteiger partial charge in [0.2, 0.25) is 0 Å². The molecular formula is C11H6N6. The van der Waals surface area contributed by atoms with Crippen molar-refractivity contribution >= 4 is 5.65 Å². The van der Waals surface area contributed by atoms with Crippen LogP contribution in [0.25, 0.3) is 16.9 Å². The Labute approximate surface area is 96.2 Å². The van der Waals surface area contributed by atoms with Crippen LogP contribution < -0.4 is 0 Å². The van der Waals surface area contributed by atoms with Crippen LogP contribution in [0.3, 0.4) is 0 Å². The minimum Gasteiger partial charge on any atom is -0.288 e. The van der Waals surface area contributed by atoms with Crippen LogP contribution in [0.4, 0.5) is 0 Å². The van der Waals surface area contributed by atoms with Gasteiger partial charge in [0.05, 0.1) is 11.3 Å². The van der Waals surface area contributed by atoms with Crippen LogP contribution >= 0.6 is 0 Å². The average Bonchev–Trinajstić information content (AvgIpc) is 2.82. The van der Waals surface area contributed by atoms with Gasteiger partial charge in [-0.25, -0.2) is 9.97 Å². The highest BCUT2D eigenvalue weighted by molar-refractivity contribution is 5.74. The van der Waals surface area contributed by atoms with Gasteiger partial charge in [0.15, 0.2) is 11.3 Å². The first-order valence-corrected chi connectivity index (χ1v) is 4.89. The lowest BCUT2D eigenvalue weighted by Gasteiger charge is -2.00. The molecular weight excluding hydrogens is 216 g/mol. The molecule has 0 aliphatic carbocycles. The fourth-order valence-electron chi connectivity index (χ4n) is 1.60. The molecule has 6 heteroatoms. The maximum Gasteiger partial charge on any atom is 0.159 e. The predicted octanol–water partition coefficient (Wildman–Crippen LogP) is 1.06. The smallest absolute Gasteiger partial charge is 0.159 e. The molecule has 0 amide bonds. The van der Waals surface area contributed by atoms with E-state index in [1.54, 1.807) is 35.4 Å². The fraction of sp³-hybridized carbons (Fsp3) is 0. The summed E-state index contributed by atoms with van der Waals surface area (Å²) in [7, 11) is 0. The van der Waals surface area contributed by atoms with Crippen LogP contribution in [0.5, 0.6) is 0 Å². The molecule has 0 aliphatic heterocycles. The number of rotatable bonds is 1. The van der Waals surface area contributed by atoms with Crippen molar-refractivity contribution in [3.8, 4) is 17.3 Å². The van der Waals surface area contributed by atoms with Crippen molar-refractivity contribution in [2.75, 3.05) is 0 Å². The Morgan fingerprint density at radius 1 is 1.35 bits per heavy atom. The highest BCUT2D eigenvalue weighted by Crippen LogP contribution is 2.20. The van der Waals surface area contributed by atoms with E-state index in [2.05, 4.69) is 20.2 Å². The van der Waals surface area contributed by atoms with Gasteiger partial charge in [0.25, 0.3) is 0 Å². The molecule has 3 aromatic heterocycles. The number of imidazole rings is 1. The zero-order valence-electron chi connectivity index (χ0n) is 8.65. The molecule has 0 N–H and O–H groups in total. The first kappa shape index (κ1) is 9.42. The lowest BCUT2D eigenvalue weighted by atomic mass is 10.2. The van der Waals surface area contributed by atoms with Gasteiger partial charge in [0.1, 0.15) is 12.4 Å². The molecule has 17 heavy (non-hydrogen) atoms. The van der Waals surface area contributed by atoms with Crippen molar-refractivity contribution in [2.45, 2.75) is 0 Å². The third kappa shape index (κ3) is 1.50. The monoisotopic (exact) mass is 222 g/mol. The van der Waals surface area contributed by atoms with Gasteiger partial charge < -0.3 is 0 Å². The van der Waals surface area contributed by atoms with Gasteiger partial charge in [0, 0.05) is 18.6 Å². The number of hydrogen-bond donors (Lipinski definition) is 0. The third-order valence-corrected chi connectivity index (χ3v) is 2.33. The van der Waals surface area contributed by atoms with E-state index in [0.29, 0.717) is 17.0 Å². The molecule has 0 saturated heterocycles. The number of hydrogen-bond acceptors (Lipinski definition) is 5. The van der Waals surface area contributed by atoms with Crippen LogP contribution in [0.2, 0.25) is 0 Å². The summed E-state index contributed by atoms with van der Waals surface area (Å²) >= 11 is 0. The van der Waals surface area contributed by atoms with Gasteiger partial charge in [-0.3, -0.25) is 4.40 Å². The van der Waals surface area contributed by atoms with Crippen LogP contribution in [0.1, 0.15) is 5.69 Å². The molecule has 0 unspecified atom stereocenters. The summed E-state index contributed by atoms with van der Waals surface area (Å²) in [6.45, 7) is 0. The minimum absolute atomic E-state index is 0.350. The lowest BCUT2D eigenvalue weighted by molar-refractivity contribution is 1.03. The summed E-state index contributed by atoms with van der Waals surface area (Å²) in [6, 6.07) is 5.62. The molecule has 6 nitrogen and oxygen atoms in total. The van der Waals surface area contributed by atoms with Crippen molar-refractivity contribution in [2.24, 2.45) is 0 Å². The van der Waals surface area contributed by atoms with E-state index in [0.717, 1.165) is 5.56 Å². The van der Waals surface area contributed by atoms with E-state index >= 15 is 0 Å². The van der Waals surface area contributed by atoms with Crippen molar-refractivity contribution in [1.29, 1.82) is 5.26 Å². The molecule has 80 valence electrons. The van der Waals surface area contributed by atoms with Crippen molar-refractivity contribution in [1.82, 2.24) is 24.6 Å². The number of nitriles is 1. The van der Waals surface area contributed by atoms with Gasteiger partial charge >= 0.3 is 0 Å². The molecule has 0 aromatic carbocycles. The largest absolute Gasteiger partial charge is 0.288 e. The molecule has 0 aliphatic rings. The Kier molecular flexibility index (Phi) is 2.02. The van der Waals surface area contributed by atoms with Gasteiger partial charge in [-0.1, -0.05) is 0 Å². The standard InChI is InChI=1S/C11H6N6/c12-4-8-6-17-7-13-5-9(11(17)15-8)10-2-1-3-14-16-10/h1-3,5-7H.